The monoisotopic (exact) mass is 488 g/mol. The maximum atomic E-state index is 13.3. The molecule has 0 radical (unpaired) electrons. The number of imidazole rings is 1. The molecule has 1 unspecified atom stereocenters. The van der Waals surface area contributed by atoms with Gasteiger partial charge in [-0.25, -0.2) is 14.2 Å². The van der Waals surface area contributed by atoms with Gasteiger partial charge in [-0.05, 0) is 24.3 Å². The van der Waals surface area contributed by atoms with Crippen LogP contribution in [-0.2, 0) is 32.7 Å². The van der Waals surface area contributed by atoms with Crippen molar-refractivity contribution in [1.29, 1.82) is 0 Å². The van der Waals surface area contributed by atoms with Gasteiger partial charge in [0.1, 0.15) is 23.8 Å². The van der Waals surface area contributed by atoms with Gasteiger partial charge in [0, 0.05) is 38.2 Å². The van der Waals surface area contributed by atoms with Gasteiger partial charge in [0.2, 0.25) is 0 Å². The summed E-state index contributed by atoms with van der Waals surface area (Å²) < 4.78 is 58.8. The van der Waals surface area contributed by atoms with Crippen LogP contribution in [0.2, 0.25) is 0 Å². The molecule has 1 amide bonds. The van der Waals surface area contributed by atoms with Gasteiger partial charge < -0.3 is 24.0 Å². The summed E-state index contributed by atoms with van der Waals surface area (Å²) in [6.45, 7) is 3.44. The van der Waals surface area contributed by atoms with Gasteiger partial charge in [0.25, 0.3) is 5.91 Å². The van der Waals surface area contributed by atoms with Crippen molar-refractivity contribution < 1.29 is 41.7 Å². The number of carbonyl (C=O) groups excluding carboxylic acids is 1. The molecule has 1 spiro atoms. The lowest BCUT2D eigenvalue weighted by atomic mass is 10.0. The minimum absolute atomic E-state index is 0.0169. The molecule has 2 fully saturated rings. The minimum atomic E-state index is -5.08. The number of rotatable bonds is 3. The van der Waals surface area contributed by atoms with Crippen LogP contribution in [0.15, 0.2) is 36.7 Å². The van der Waals surface area contributed by atoms with Crippen molar-refractivity contribution in [2.45, 2.75) is 18.3 Å². The molecule has 13 heteroatoms. The van der Waals surface area contributed by atoms with E-state index in [2.05, 4.69) is 9.88 Å². The number of nitrogens with zero attached hydrogens (tertiary/aromatic N) is 4. The Balaban J connectivity index is 0.000000406. The predicted molar refractivity (Wildman–Crippen MR) is 110 cm³/mol. The van der Waals surface area contributed by atoms with E-state index in [1.165, 1.54) is 12.1 Å². The Hall–Kier alpha value is -3.03. The van der Waals surface area contributed by atoms with Crippen molar-refractivity contribution in [3.05, 3.63) is 48.3 Å². The molecular formula is C21H24F4N4O5. The first-order valence-electron chi connectivity index (χ1n) is 10.3. The number of benzene rings is 1. The van der Waals surface area contributed by atoms with Crippen LogP contribution < -0.4 is 4.90 Å². The highest BCUT2D eigenvalue weighted by atomic mass is 19.4. The van der Waals surface area contributed by atoms with E-state index in [1.807, 2.05) is 17.8 Å². The highest BCUT2D eigenvalue weighted by molar-refractivity contribution is 5.95. The number of ether oxygens (including phenoxy) is 2. The number of carboxylic acid groups (broad SMARTS) is 1. The van der Waals surface area contributed by atoms with Crippen LogP contribution in [0, 0.1) is 5.82 Å². The standard InChI is InChI=1S/C19H23FN4O3.C2HF3O2/c1-22-7-6-21-17(22)10-23-8-9-26-14-19(12-23)13-24(18(25)11-27-19)16-4-2-15(20)3-5-16;3-2(4,5)1(6)7/h2-7H,8-14H2,1H3;(H,6,7). The first-order chi connectivity index (χ1) is 16.0. The maximum absolute atomic E-state index is 13.3. The van der Waals surface area contributed by atoms with Crippen LogP contribution in [0.3, 0.4) is 0 Å². The van der Waals surface area contributed by atoms with Crippen molar-refractivity contribution in [2.75, 3.05) is 44.4 Å². The summed E-state index contributed by atoms with van der Waals surface area (Å²) in [5.74, 6) is -2.25. The molecule has 2 aromatic rings. The number of alkyl halides is 3. The minimum Gasteiger partial charge on any atom is -0.475 e. The Morgan fingerprint density at radius 1 is 1.24 bits per heavy atom. The lowest BCUT2D eigenvalue weighted by Gasteiger charge is -2.43. The Kier molecular flexibility index (Phi) is 7.89. The number of halogens is 4. The van der Waals surface area contributed by atoms with Gasteiger partial charge in [-0.1, -0.05) is 0 Å². The normalized spacial score (nSPS) is 21.7. The zero-order chi connectivity index (χ0) is 24.9. The smallest absolute Gasteiger partial charge is 0.475 e. The number of amides is 1. The molecule has 1 atom stereocenters. The second-order valence-corrected chi connectivity index (χ2v) is 7.95. The van der Waals surface area contributed by atoms with Crippen molar-refractivity contribution in [3.8, 4) is 0 Å². The fourth-order valence-electron chi connectivity index (χ4n) is 3.62. The number of morpholine rings is 1. The lowest BCUT2D eigenvalue weighted by Crippen LogP contribution is -2.60. The van der Waals surface area contributed by atoms with E-state index in [-0.39, 0.29) is 18.3 Å². The molecule has 3 heterocycles. The molecule has 2 aliphatic heterocycles. The highest BCUT2D eigenvalue weighted by Gasteiger charge is 2.43. The van der Waals surface area contributed by atoms with Gasteiger partial charge in [-0.15, -0.1) is 0 Å². The molecule has 186 valence electrons. The molecule has 0 aliphatic carbocycles. The summed E-state index contributed by atoms with van der Waals surface area (Å²) in [4.78, 5) is 29.6. The molecular weight excluding hydrogens is 464 g/mol. The van der Waals surface area contributed by atoms with Crippen LogP contribution in [-0.4, -0.2) is 82.7 Å². The summed E-state index contributed by atoms with van der Waals surface area (Å²) in [6, 6.07) is 5.97. The number of anilines is 1. The van der Waals surface area contributed by atoms with Crippen LogP contribution in [0.1, 0.15) is 5.82 Å². The van der Waals surface area contributed by atoms with Crippen LogP contribution in [0.25, 0.3) is 0 Å². The van der Waals surface area contributed by atoms with Gasteiger partial charge in [0.15, 0.2) is 0 Å². The fraction of sp³-hybridized carbons (Fsp3) is 0.476. The summed E-state index contributed by atoms with van der Waals surface area (Å²) >= 11 is 0. The number of hydrogen-bond acceptors (Lipinski definition) is 6. The SMILES string of the molecule is Cn1ccnc1CN1CCOCC2(C1)CN(c1ccc(F)cc1)C(=O)CO2.O=C(O)C(F)(F)F. The molecule has 2 saturated heterocycles. The van der Waals surface area contributed by atoms with Gasteiger partial charge in [-0.2, -0.15) is 13.2 Å². The molecule has 0 bridgehead atoms. The predicted octanol–water partition coefficient (Wildman–Crippen LogP) is 1.83. The number of hydrogen-bond donors (Lipinski definition) is 1. The van der Waals surface area contributed by atoms with Gasteiger partial charge in [0.05, 0.1) is 26.3 Å². The first-order valence-corrected chi connectivity index (χ1v) is 10.3. The Labute approximate surface area is 192 Å². The average molecular weight is 488 g/mol. The quantitative estimate of drug-likeness (QED) is 0.659. The summed E-state index contributed by atoms with van der Waals surface area (Å²) in [6.07, 6.45) is -1.38. The number of aromatic nitrogens is 2. The number of aliphatic carboxylic acids is 1. The topological polar surface area (TPSA) is 97.1 Å². The Morgan fingerprint density at radius 3 is 2.50 bits per heavy atom. The Morgan fingerprint density at radius 2 is 1.91 bits per heavy atom. The summed E-state index contributed by atoms with van der Waals surface area (Å²) in [5.41, 5.74) is 0.0493. The number of aryl methyl sites for hydroxylation is 1. The van der Waals surface area contributed by atoms with Crippen LogP contribution in [0.4, 0.5) is 23.2 Å². The van der Waals surface area contributed by atoms with E-state index >= 15 is 0 Å². The second kappa shape index (κ2) is 10.5. The molecule has 1 aromatic heterocycles. The molecule has 9 nitrogen and oxygen atoms in total. The van der Waals surface area contributed by atoms with Crippen molar-refractivity contribution >= 4 is 17.6 Å². The second-order valence-electron chi connectivity index (χ2n) is 7.95. The number of carboxylic acids is 1. The first kappa shape index (κ1) is 25.6. The van der Waals surface area contributed by atoms with E-state index < -0.39 is 17.7 Å². The number of carbonyl (C=O) groups is 2. The van der Waals surface area contributed by atoms with Crippen molar-refractivity contribution in [3.63, 3.8) is 0 Å². The van der Waals surface area contributed by atoms with E-state index in [1.54, 1.807) is 23.2 Å². The van der Waals surface area contributed by atoms with Crippen LogP contribution >= 0.6 is 0 Å². The van der Waals surface area contributed by atoms with Crippen molar-refractivity contribution in [2.24, 2.45) is 7.05 Å². The Bertz CT molecular complexity index is 998. The van der Waals surface area contributed by atoms with E-state index in [0.717, 1.165) is 12.4 Å². The third-order valence-corrected chi connectivity index (χ3v) is 5.34. The largest absolute Gasteiger partial charge is 0.490 e. The third-order valence-electron chi connectivity index (χ3n) is 5.34. The van der Waals surface area contributed by atoms with E-state index in [9.17, 15) is 22.4 Å². The third kappa shape index (κ3) is 6.52. The zero-order valence-electron chi connectivity index (χ0n) is 18.3. The molecule has 4 rings (SSSR count). The molecule has 2 aliphatic rings. The zero-order valence-corrected chi connectivity index (χ0v) is 18.3. The summed E-state index contributed by atoms with van der Waals surface area (Å²) in [5, 5.41) is 7.12. The average Bonchev–Trinajstić information content (AvgIpc) is 3.07. The maximum Gasteiger partial charge on any atom is 0.490 e. The highest BCUT2D eigenvalue weighted by Crippen LogP contribution is 2.28. The van der Waals surface area contributed by atoms with Gasteiger partial charge >= 0.3 is 12.1 Å². The molecule has 34 heavy (non-hydrogen) atoms. The van der Waals surface area contributed by atoms with E-state index in [4.69, 9.17) is 19.4 Å². The molecule has 1 N–H and O–H groups in total. The summed E-state index contributed by atoms with van der Waals surface area (Å²) in [7, 11) is 1.97. The molecule has 0 saturated carbocycles. The van der Waals surface area contributed by atoms with Crippen molar-refractivity contribution in [1.82, 2.24) is 14.5 Å². The van der Waals surface area contributed by atoms with Gasteiger partial charge in [-0.3, -0.25) is 9.69 Å². The lowest BCUT2D eigenvalue weighted by molar-refractivity contribution is -0.192. The van der Waals surface area contributed by atoms with E-state index in [0.29, 0.717) is 38.5 Å². The fourth-order valence-corrected chi connectivity index (χ4v) is 3.62. The van der Waals surface area contributed by atoms with Crippen LogP contribution in [0.5, 0.6) is 0 Å². The molecule has 1 aromatic carbocycles.